The number of nitrogens with one attached hydrogen (secondary N) is 1. The summed E-state index contributed by atoms with van der Waals surface area (Å²) in [4.78, 5) is 0. The number of unbranched alkanes of at least 4 members (excludes halogenated alkanes) is 1. The van der Waals surface area contributed by atoms with E-state index in [1.165, 1.54) is 12.8 Å². The molecule has 0 aliphatic carbocycles. The molecule has 0 amide bonds. The van der Waals surface area contributed by atoms with E-state index in [-0.39, 0.29) is 0 Å². The van der Waals surface area contributed by atoms with E-state index in [2.05, 4.69) is 19.2 Å². The fourth-order valence-corrected chi connectivity index (χ4v) is 2.05. The SMILES string of the molecule is CCCCNCc1cc(OCC)c(OCCC)cc1Cl. The first kappa shape index (κ1) is 17.1. The minimum atomic E-state index is 0.618. The highest BCUT2D eigenvalue weighted by molar-refractivity contribution is 6.31. The maximum absolute atomic E-state index is 6.32. The molecule has 3 nitrogen and oxygen atoms in total. The first-order chi connectivity index (χ1) is 9.72. The zero-order valence-electron chi connectivity index (χ0n) is 12.8. The van der Waals surface area contributed by atoms with E-state index >= 15 is 0 Å². The minimum Gasteiger partial charge on any atom is -0.490 e. The molecular weight excluding hydrogens is 274 g/mol. The van der Waals surface area contributed by atoms with Crippen LogP contribution in [0.2, 0.25) is 5.02 Å². The van der Waals surface area contributed by atoms with Crippen molar-refractivity contribution in [3.05, 3.63) is 22.7 Å². The smallest absolute Gasteiger partial charge is 0.162 e. The highest BCUT2D eigenvalue weighted by Crippen LogP contribution is 2.33. The maximum Gasteiger partial charge on any atom is 0.162 e. The lowest BCUT2D eigenvalue weighted by atomic mass is 10.2. The average molecular weight is 300 g/mol. The molecule has 114 valence electrons. The zero-order valence-corrected chi connectivity index (χ0v) is 13.6. The molecule has 0 aliphatic rings. The number of rotatable bonds is 10. The Kier molecular flexibility index (Phi) is 8.47. The molecule has 0 unspecified atom stereocenters. The monoisotopic (exact) mass is 299 g/mol. The third-order valence-corrected chi connectivity index (χ3v) is 3.25. The van der Waals surface area contributed by atoms with Crippen LogP contribution in [0.25, 0.3) is 0 Å². The van der Waals surface area contributed by atoms with E-state index in [1.807, 2.05) is 19.1 Å². The molecule has 0 aliphatic heterocycles. The Morgan fingerprint density at radius 3 is 2.45 bits per heavy atom. The van der Waals surface area contributed by atoms with Crippen molar-refractivity contribution in [3.8, 4) is 11.5 Å². The second kappa shape index (κ2) is 9.89. The van der Waals surface area contributed by atoms with Gasteiger partial charge in [-0.25, -0.2) is 0 Å². The fourth-order valence-electron chi connectivity index (χ4n) is 1.83. The first-order valence-corrected chi connectivity index (χ1v) is 7.89. The van der Waals surface area contributed by atoms with Gasteiger partial charge in [-0.15, -0.1) is 0 Å². The summed E-state index contributed by atoms with van der Waals surface area (Å²) in [6, 6.07) is 3.84. The molecule has 1 N–H and O–H groups in total. The van der Waals surface area contributed by atoms with Crippen LogP contribution in [0.3, 0.4) is 0 Å². The van der Waals surface area contributed by atoms with Crippen LogP contribution in [0.5, 0.6) is 11.5 Å². The van der Waals surface area contributed by atoms with Crippen LogP contribution >= 0.6 is 11.6 Å². The van der Waals surface area contributed by atoms with E-state index in [0.29, 0.717) is 13.2 Å². The largest absolute Gasteiger partial charge is 0.490 e. The Bertz CT molecular complexity index is 396. The van der Waals surface area contributed by atoms with Crippen molar-refractivity contribution >= 4 is 11.6 Å². The van der Waals surface area contributed by atoms with Crippen LogP contribution in [0.4, 0.5) is 0 Å². The number of ether oxygens (including phenoxy) is 2. The highest BCUT2D eigenvalue weighted by Gasteiger charge is 2.10. The van der Waals surface area contributed by atoms with Gasteiger partial charge in [0.25, 0.3) is 0 Å². The van der Waals surface area contributed by atoms with Gasteiger partial charge in [0.15, 0.2) is 11.5 Å². The summed E-state index contributed by atoms with van der Waals surface area (Å²) in [6.45, 7) is 9.28. The molecular formula is C16H26ClNO2. The topological polar surface area (TPSA) is 30.5 Å². The van der Waals surface area contributed by atoms with Crippen molar-refractivity contribution < 1.29 is 9.47 Å². The Morgan fingerprint density at radius 1 is 1.05 bits per heavy atom. The van der Waals surface area contributed by atoms with Gasteiger partial charge in [0.05, 0.1) is 13.2 Å². The molecule has 0 aromatic heterocycles. The van der Waals surface area contributed by atoms with Crippen molar-refractivity contribution in [1.29, 1.82) is 0 Å². The summed E-state index contributed by atoms with van der Waals surface area (Å²) in [7, 11) is 0. The molecule has 0 radical (unpaired) electrons. The quantitative estimate of drug-likeness (QED) is 0.649. The van der Waals surface area contributed by atoms with Crippen LogP contribution in [0.15, 0.2) is 12.1 Å². The molecule has 20 heavy (non-hydrogen) atoms. The molecule has 1 aromatic carbocycles. The van der Waals surface area contributed by atoms with Gasteiger partial charge >= 0.3 is 0 Å². The second-order valence-electron chi connectivity index (χ2n) is 4.70. The Hall–Kier alpha value is -0.930. The fraction of sp³-hybridized carbons (Fsp3) is 0.625. The molecule has 0 atom stereocenters. The van der Waals surface area contributed by atoms with Crippen molar-refractivity contribution in [2.24, 2.45) is 0 Å². The first-order valence-electron chi connectivity index (χ1n) is 7.51. The van der Waals surface area contributed by atoms with Crippen LogP contribution in [-0.4, -0.2) is 19.8 Å². The summed E-state index contributed by atoms with van der Waals surface area (Å²) in [6.07, 6.45) is 3.33. The lowest BCUT2D eigenvalue weighted by molar-refractivity contribution is 0.276. The third-order valence-electron chi connectivity index (χ3n) is 2.90. The van der Waals surface area contributed by atoms with E-state index in [9.17, 15) is 0 Å². The van der Waals surface area contributed by atoms with Crippen LogP contribution in [-0.2, 0) is 6.54 Å². The minimum absolute atomic E-state index is 0.618. The van der Waals surface area contributed by atoms with Gasteiger partial charge in [-0.3, -0.25) is 0 Å². The summed E-state index contributed by atoms with van der Waals surface area (Å²) in [5.41, 5.74) is 1.05. The number of hydrogen-bond acceptors (Lipinski definition) is 3. The summed E-state index contributed by atoms with van der Waals surface area (Å²) in [5, 5.41) is 4.12. The maximum atomic E-state index is 6.32. The van der Waals surface area contributed by atoms with Crippen LogP contribution in [0.1, 0.15) is 45.6 Å². The van der Waals surface area contributed by atoms with E-state index in [4.69, 9.17) is 21.1 Å². The standard InChI is InChI=1S/C16H26ClNO2/c1-4-7-8-18-12-13-10-15(19-6-3)16(11-14(13)17)20-9-5-2/h10-11,18H,4-9,12H2,1-3H3. The second-order valence-corrected chi connectivity index (χ2v) is 5.11. The number of hydrogen-bond donors (Lipinski definition) is 1. The van der Waals surface area contributed by atoms with Gasteiger partial charge in [0.2, 0.25) is 0 Å². The van der Waals surface area contributed by atoms with E-state index < -0.39 is 0 Å². The van der Waals surface area contributed by atoms with Gasteiger partial charge in [-0.1, -0.05) is 31.9 Å². The number of benzene rings is 1. The molecule has 0 fully saturated rings. The summed E-state index contributed by atoms with van der Waals surface area (Å²) in [5.74, 6) is 1.51. The Labute approximate surface area is 127 Å². The van der Waals surface area contributed by atoms with Gasteiger partial charge in [-0.05, 0) is 37.9 Å². The Morgan fingerprint density at radius 2 is 1.80 bits per heavy atom. The molecule has 0 saturated heterocycles. The lowest BCUT2D eigenvalue weighted by Gasteiger charge is -2.15. The van der Waals surface area contributed by atoms with E-state index in [1.54, 1.807) is 0 Å². The van der Waals surface area contributed by atoms with E-state index in [0.717, 1.165) is 41.6 Å². The van der Waals surface area contributed by atoms with Crippen LogP contribution < -0.4 is 14.8 Å². The van der Waals surface area contributed by atoms with Gasteiger partial charge in [0.1, 0.15) is 0 Å². The molecule has 4 heteroatoms. The normalized spacial score (nSPS) is 10.6. The van der Waals surface area contributed by atoms with Crippen molar-refractivity contribution in [2.75, 3.05) is 19.8 Å². The number of halogens is 1. The van der Waals surface area contributed by atoms with Crippen molar-refractivity contribution in [1.82, 2.24) is 5.32 Å². The van der Waals surface area contributed by atoms with Gasteiger partial charge in [-0.2, -0.15) is 0 Å². The van der Waals surface area contributed by atoms with Crippen molar-refractivity contribution in [3.63, 3.8) is 0 Å². The summed E-state index contributed by atoms with van der Waals surface area (Å²) >= 11 is 6.32. The van der Waals surface area contributed by atoms with Crippen molar-refractivity contribution in [2.45, 2.75) is 46.6 Å². The average Bonchev–Trinajstić information content (AvgIpc) is 2.45. The summed E-state index contributed by atoms with van der Waals surface area (Å²) < 4.78 is 11.3. The molecule has 0 heterocycles. The highest BCUT2D eigenvalue weighted by atomic mass is 35.5. The zero-order chi connectivity index (χ0) is 14.8. The molecule has 1 aromatic rings. The van der Waals surface area contributed by atoms with Gasteiger partial charge in [0, 0.05) is 17.6 Å². The molecule has 0 saturated carbocycles. The molecule has 1 rings (SSSR count). The Balaban J connectivity index is 2.77. The lowest BCUT2D eigenvalue weighted by Crippen LogP contribution is -2.15. The third kappa shape index (κ3) is 5.59. The molecule has 0 spiro atoms. The van der Waals surface area contributed by atoms with Gasteiger partial charge < -0.3 is 14.8 Å². The van der Waals surface area contributed by atoms with Crippen LogP contribution in [0, 0.1) is 0 Å². The predicted octanol–water partition coefficient (Wildman–Crippen LogP) is 4.42. The molecule has 0 bridgehead atoms. The predicted molar refractivity (Wildman–Crippen MR) is 85.0 cm³/mol.